The highest BCUT2D eigenvalue weighted by Crippen LogP contribution is 2.51. The monoisotopic (exact) mass is 780 g/mol. The van der Waals surface area contributed by atoms with E-state index in [1.165, 1.54) is 0 Å². The van der Waals surface area contributed by atoms with Gasteiger partial charge in [0.05, 0.1) is 44.2 Å². The van der Waals surface area contributed by atoms with Gasteiger partial charge in [-0.05, 0) is 66.7 Å². The third-order valence-corrected chi connectivity index (χ3v) is 13.2. The molecule has 0 bridgehead atoms. The quantitative estimate of drug-likeness (QED) is 0.164. The number of fused-ring (bicyclic) bond motifs is 18. The molecule has 0 spiro atoms. The van der Waals surface area contributed by atoms with Crippen molar-refractivity contribution in [2.24, 2.45) is 0 Å². The standard InChI is InChI=1S/C54H29BN2O4/c1-7-19-38-30(13-1)32-25-27-46-50(34-15-3-9-21-42(34)58-46)53(32)56(38)40-29-41(49-37-18-6-12-24-45(37)61-55-52(49)48(40)36-17-5-11-23-44(36)60-55)57-39-20-8-2-14-31(39)33-26-28-47-51(54(33)57)35-16-4-10-22-43(35)59-47/h1-29H. The summed E-state index contributed by atoms with van der Waals surface area (Å²) in [6.45, 7) is 0. The molecule has 61 heavy (non-hydrogen) atoms. The number of benzene rings is 9. The second kappa shape index (κ2) is 11.3. The molecule has 2 aliphatic rings. The molecule has 13 aromatic rings. The van der Waals surface area contributed by atoms with Crippen molar-refractivity contribution in [1.82, 2.24) is 9.13 Å². The van der Waals surface area contributed by atoms with E-state index >= 15 is 0 Å². The number of rotatable bonds is 2. The van der Waals surface area contributed by atoms with Crippen molar-refractivity contribution in [3.8, 4) is 45.1 Å². The topological polar surface area (TPSA) is 54.6 Å². The number of nitrogens with zero attached hydrogens (tertiary/aromatic N) is 2. The van der Waals surface area contributed by atoms with Gasteiger partial charge >= 0.3 is 7.12 Å². The maximum Gasteiger partial charge on any atom is 0.634 e. The average Bonchev–Trinajstić information content (AvgIpc) is 4.06. The van der Waals surface area contributed by atoms with E-state index in [-0.39, 0.29) is 0 Å². The Bertz CT molecular complexity index is 3830. The van der Waals surface area contributed by atoms with Crippen molar-refractivity contribution in [3.05, 3.63) is 176 Å². The maximum absolute atomic E-state index is 6.95. The molecule has 6 nitrogen and oxygen atoms in total. The summed E-state index contributed by atoms with van der Waals surface area (Å²) in [6.07, 6.45) is 0. The molecule has 0 saturated carbocycles. The van der Waals surface area contributed by atoms with Crippen molar-refractivity contribution >= 4 is 100 Å². The summed E-state index contributed by atoms with van der Waals surface area (Å²) in [7, 11) is -0.709. The molecule has 7 heteroatoms. The lowest BCUT2D eigenvalue weighted by atomic mass is 9.65. The first kappa shape index (κ1) is 31.8. The van der Waals surface area contributed by atoms with Crippen molar-refractivity contribution in [1.29, 1.82) is 0 Å². The van der Waals surface area contributed by atoms with Crippen LogP contribution in [0.4, 0.5) is 0 Å². The van der Waals surface area contributed by atoms with Gasteiger partial charge in [-0.2, -0.15) is 0 Å². The highest BCUT2D eigenvalue weighted by atomic mass is 16.6. The number of para-hydroxylation sites is 6. The van der Waals surface area contributed by atoms with E-state index in [1.54, 1.807) is 0 Å². The summed E-state index contributed by atoms with van der Waals surface area (Å²) >= 11 is 0. The molecular formula is C54H29BN2O4. The van der Waals surface area contributed by atoms with Gasteiger partial charge in [0, 0.05) is 60.0 Å². The van der Waals surface area contributed by atoms with E-state index in [9.17, 15) is 0 Å². The molecule has 0 fully saturated rings. The van der Waals surface area contributed by atoms with E-state index in [1.807, 2.05) is 24.3 Å². The highest BCUT2D eigenvalue weighted by molar-refractivity contribution is 6.68. The largest absolute Gasteiger partial charge is 0.634 e. The molecule has 282 valence electrons. The van der Waals surface area contributed by atoms with Gasteiger partial charge < -0.3 is 27.3 Å². The molecule has 4 aromatic heterocycles. The van der Waals surface area contributed by atoms with Crippen LogP contribution in [0, 0.1) is 0 Å². The molecule has 0 radical (unpaired) electrons. The summed E-state index contributed by atoms with van der Waals surface area (Å²) in [5.74, 6) is 1.56. The van der Waals surface area contributed by atoms with Crippen molar-refractivity contribution in [2.45, 2.75) is 0 Å². The van der Waals surface area contributed by atoms with Crippen LogP contribution in [-0.2, 0) is 0 Å². The summed E-state index contributed by atoms with van der Waals surface area (Å²) in [5, 5.41) is 8.96. The first-order valence-electron chi connectivity index (χ1n) is 20.7. The fourth-order valence-corrected chi connectivity index (χ4v) is 10.8. The van der Waals surface area contributed by atoms with Crippen LogP contribution >= 0.6 is 0 Å². The van der Waals surface area contributed by atoms with Crippen LogP contribution < -0.4 is 14.8 Å². The molecule has 2 aliphatic heterocycles. The van der Waals surface area contributed by atoms with Crippen LogP contribution in [0.25, 0.3) is 121 Å². The normalized spacial score (nSPS) is 13.1. The number of furan rings is 2. The minimum atomic E-state index is -0.709. The molecule has 0 atom stereocenters. The van der Waals surface area contributed by atoms with E-state index in [2.05, 4.69) is 161 Å². The molecule has 15 rings (SSSR count). The van der Waals surface area contributed by atoms with Crippen LogP contribution in [0.15, 0.2) is 185 Å². The Morgan fingerprint density at radius 1 is 0.361 bits per heavy atom. The average molecular weight is 781 g/mol. The Kier molecular flexibility index (Phi) is 5.90. The van der Waals surface area contributed by atoms with Crippen LogP contribution in [-0.4, -0.2) is 16.3 Å². The predicted octanol–water partition coefficient (Wildman–Crippen LogP) is 13.5. The number of hydrogen-bond acceptors (Lipinski definition) is 4. The highest BCUT2D eigenvalue weighted by Gasteiger charge is 2.45. The molecule has 6 heterocycles. The summed E-state index contributed by atoms with van der Waals surface area (Å²) < 4.78 is 32.1. The molecule has 0 unspecified atom stereocenters. The first-order chi connectivity index (χ1) is 30.3. The Hall–Kier alpha value is -8.16. The molecule has 9 aromatic carbocycles. The van der Waals surface area contributed by atoms with Gasteiger partial charge in [0.2, 0.25) is 0 Å². The van der Waals surface area contributed by atoms with Gasteiger partial charge in [-0.3, -0.25) is 0 Å². The Balaban J connectivity index is 1.22. The minimum Gasteiger partial charge on any atom is -0.521 e. The van der Waals surface area contributed by atoms with Gasteiger partial charge in [-0.1, -0.05) is 109 Å². The minimum absolute atomic E-state index is 0.709. The lowest BCUT2D eigenvalue weighted by molar-refractivity contribution is 0.436. The third kappa shape index (κ3) is 3.98. The fourth-order valence-electron chi connectivity index (χ4n) is 10.8. The molecular weight excluding hydrogens is 751 g/mol. The summed E-state index contributed by atoms with van der Waals surface area (Å²) in [4.78, 5) is 0. The van der Waals surface area contributed by atoms with Gasteiger partial charge in [0.1, 0.15) is 33.8 Å². The Morgan fingerprint density at radius 3 is 1.30 bits per heavy atom. The smallest absolute Gasteiger partial charge is 0.521 e. The van der Waals surface area contributed by atoms with Crippen LogP contribution in [0.2, 0.25) is 0 Å². The molecule has 0 N–H and O–H groups in total. The zero-order chi connectivity index (χ0) is 39.5. The number of aromatic nitrogens is 2. The van der Waals surface area contributed by atoms with Crippen molar-refractivity contribution < 1.29 is 18.1 Å². The zero-order valence-electron chi connectivity index (χ0n) is 32.3. The third-order valence-electron chi connectivity index (χ3n) is 13.2. The lowest BCUT2D eigenvalue weighted by Gasteiger charge is -2.35. The van der Waals surface area contributed by atoms with E-state index in [4.69, 9.17) is 18.1 Å². The van der Waals surface area contributed by atoms with Crippen LogP contribution in [0.5, 0.6) is 11.5 Å². The van der Waals surface area contributed by atoms with Crippen LogP contribution in [0.3, 0.4) is 0 Å². The Morgan fingerprint density at radius 2 is 0.787 bits per heavy atom. The lowest BCUT2D eigenvalue weighted by Crippen LogP contribution is -2.49. The predicted molar refractivity (Wildman–Crippen MR) is 247 cm³/mol. The summed E-state index contributed by atoms with van der Waals surface area (Å²) in [6, 6.07) is 62.1. The van der Waals surface area contributed by atoms with Gasteiger partial charge in [-0.25, -0.2) is 0 Å². The first-order valence-corrected chi connectivity index (χ1v) is 20.7. The maximum atomic E-state index is 6.95. The van der Waals surface area contributed by atoms with E-state index in [0.717, 1.165) is 138 Å². The van der Waals surface area contributed by atoms with E-state index in [0.29, 0.717) is 0 Å². The van der Waals surface area contributed by atoms with E-state index < -0.39 is 7.12 Å². The Labute approximate surface area is 347 Å². The second-order valence-electron chi connectivity index (χ2n) is 16.2. The van der Waals surface area contributed by atoms with Gasteiger partial charge in [0.25, 0.3) is 0 Å². The SMILES string of the molecule is c1ccc2c(c1)OB1Oc3ccccc3-c3c(-n4c5ccccc5c5ccc6oc7ccccc7c6c54)cc(-n4c5ccccc5c5ccc6oc7ccccc7c6c54)c-2c31. The fraction of sp³-hybridized carbons (Fsp3) is 0. The van der Waals surface area contributed by atoms with Gasteiger partial charge in [-0.15, -0.1) is 0 Å². The molecule has 0 amide bonds. The molecule has 0 saturated heterocycles. The van der Waals surface area contributed by atoms with Crippen LogP contribution in [0.1, 0.15) is 0 Å². The van der Waals surface area contributed by atoms with Crippen molar-refractivity contribution in [2.75, 3.05) is 0 Å². The zero-order valence-corrected chi connectivity index (χ0v) is 32.3. The number of hydrogen-bond donors (Lipinski definition) is 0. The van der Waals surface area contributed by atoms with Crippen molar-refractivity contribution in [3.63, 3.8) is 0 Å². The van der Waals surface area contributed by atoms with Gasteiger partial charge in [0.15, 0.2) is 0 Å². The molecule has 0 aliphatic carbocycles. The second-order valence-corrected chi connectivity index (χ2v) is 16.2. The summed E-state index contributed by atoms with van der Waals surface area (Å²) in [5.41, 5.74) is 15.0.